The van der Waals surface area contributed by atoms with Gasteiger partial charge in [-0.25, -0.2) is 0 Å². The fourth-order valence-electron chi connectivity index (χ4n) is 0.616. The average molecular weight is 169 g/mol. The molecular formula is C5H3N3O4. The van der Waals surface area contributed by atoms with Gasteiger partial charge in [0.25, 0.3) is 0 Å². The number of aromatic nitrogens is 1. The van der Waals surface area contributed by atoms with Crippen LogP contribution in [0.4, 0.5) is 11.6 Å². The normalized spacial score (nSPS) is 9.33. The van der Waals surface area contributed by atoms with Gasteiger partial charge in [0.15, 0.2) is 0 Å². The van der Waals surface area contributed by atoms with Crippen molar-refractivity contribution in [1.29, 1.82) is 0 Å². The van der Waals surface area contributed by atoms with Crippen LogP contribution in [0.3, 0.4) is 0 Å². The van der Waals surface area contributed by atoms with Gasteiger partial charge in [0.1, 0.15) is 0 Å². The maximum absolute atomic E-state index is 10.1. The molecule has 0 amide bonds. The highest BCUT2D eigenvalue weighted by Gasteiger charge is 2.12. The quantitative estimate of drug-likeness (QED) is 0.483. The molecule has 1 heterocycles. The van der Waals surface area contributed by atoms with Crippen molar-refractivity contribution in [2.24, 2.45) is 0 Å². The first kappa shape index (κ1) is 8.05. The van der Waals surface area contributed by atoms with Crippen LogP contribution >= 0.6 is 0 Å². The molecule has 1 aromatic rings. The van der Waals surface area contributed by atoms with Gasteiger partial charge in [0.2, 0.25) is 0 Å². The first-order chi connectivity index (χ1) is 5.61. The van der Waals surface area contributed by atoms with Crippen LogP contribution in [-0.2, 0) is 0 Å². The van der Waals surface area contributed by atoms with Gasteiger partial charge in [-0.15, -0.1) is 0 Å². The molecule has 0 spiro atoms. The van der Waals surface area contributed by atoms with Crippen molar-refractivity contribution in [3.05, 3.63) is 38.4 Å². The Morgan fingerprint density at radius 1 is 1.08 bits per heavy atom. The number of nitrogens with zero attached hydrogens (tertiary/aromatic N) is 3. The molecular weight excluding hydrogens is 166 g/mol. The summed E-state index contributed by atoms with van der Waals surface area (Å²) < 4.78 is 0. The Labute approximate surface area is 66.0 Å². The molecule has 0 radical (unpaired) electrons. The van der Waals surface area contributed by atoms with Crippen LogP contribution in [0.15, 0.2) is 18.2 Å². The van der Waals surface area contributed by atoms with Crippen LogP contribution in [0.2, 0.25) is 0 Å². The highest BCUT2D eigenvalue weighted by molar-refractivity contribution is 5.28. The lowest BCUT2D eigenvalue weighted by Gasteiger charge is -1.92. The Kier molecular flexibility index (Phi) is 1.95. The molecule has 7 heteroatoms. The molecule has 0 aliphatic heterocycles. The molecule has 0 aliphatic rings. The smallest absolute Gasteiger partial charge is 0.358 e. The molecule has 0 bridgehead atoms. The molecule has 0 fully saturated rings. The van der Waals surface area contributed by atoms with Crippen LogP contribution in [0, 0.1) is 20.2 Å². The molecule has 1 rings (SSSR count). The molecule has 0 unspecified atom stereocenters. The van der Waals surface area contributed by atoms with Crippen molar-refractivity contribution in [2.45, 2.75) is 0 Å². The highest BCUT2D eigenvalue weighted by Crippen LogP contribution is 2.12. The summed E-state index contributed by atoms with van der Waals surface area (Å²) >= 11 is 0. The molecule has 0 saturated carbocycles. The maximum atomic E-state index is 10.1. The van der Waals surface area contributed by atoms with Crippen molar-refractivity contribution in [1.82, 2.24) is 4.98 Å². The third-order valence-corrected chi connectivity index (χ3v) is 1.09. The highest BCUT2D eigenvalue weighted by atomic mass is 16.6. The number of hydrogen-bond acceptors (Lipinski definition) is 5. The lowest BCUT2D eigenvalue weighted by molar-refractivity contribution is -0.403. The van der Waals surface area contributed by atoms with E-state index in [1.165, 1.54) is 6.07 Å². The minimum Gasteiger partial charge on any atom is -0.358 e. The van der Waals surface area contributed by atoms with E-state index >= 15 is 0 Å². The van der Waals surface area contributed by atoms with E-state index in [2.05, 4.69) is 4.98 Å². The van der Waals surface area contributed by atoms with E-state index in [1.807, 2.05) is 0 Å². The first-order valence-electron chi connectivity index (χ1n) is 2.87. The second-order valence-corrected chi connectivity index (χ2v) is 1.87. The van der Waals surface area contributed by atoms with Gasteiger partial charge >= 0.3 is 11.6 Å². The Morgan fingerprint density at radius 2 is 1.50 bits per heavy atom. The fourth-order valence-corrected chi connectivity index (χ4v) is 0.616. The van der Waals surface area contributed by atoms with Crippen LogP contribution in [0.1, 0.15) is 0 Å². The van der Waals surface area contributed by atoms with E-state index in [1.54, 1.807) is 0 Å². The number of nitro groups is 2. The van der Waals surface area contributed by atoms with E-state index in [9.17, 15) is 20.2 Å². The van der Waals surface area contributed by atoms with Crippen molar-refractivity contribution < 1.29 is 9.85 Å². The van der Waals surface area contributed by atoms with E-state index in [0.717, 1.165) is 12.1 Å². The summed E-state index contributed by atoms with van der Waals surface area (Å²) in [5.41, 5.74) is 0. The van der Waals surface area contributed by atoms with Crippen molar-refractivity contribution in [3.63, 3.8) is 0 Å². The van der Waals surface area contributed by atoms with E-state index < -0.39 is 21.5 Å². The summed E-state index contributed by atoms with van der Waals surface area (Å²) in [7, 11) is 0. The maximum Gasteiger partial charge on any atom is 0.368 e. The molecule has 0 atom stereocenters. The van der Waals surface area contributed by atoms with E-state index in [0.29, 0.717) is 0 Å². The van der Waals surface area contributed by atoms with Gasteiger partial charge in [-0.05, 0) is 15.9 Å². The molecule has 0 aliphatic carbocycles. The molecule has 7 nitrogen and oxygen atoms in total. The zero-order chi connectivity index (χ0) is 9.14. The summed E-state index contributed by atoms with van der Waals surface area (Å²) in [6.07, 6.45) is 0. The summed E-state index contributed by atoms with van der Waals surface area (Å²) in [4.78, 5) is 21.8. The third kappa shape index (κ3) is 1.51. The first-order valence-corrected chi connectivity index (χ1v) is 2.87. The molecule has 62 valence electrons. The zero-order valence-corrected chi connectivity index (χ0v) is 5.71. The molecule has 1 aromatic heterocycles. The fraction of sp³-hybridized carbons (Fsp3) is 0. The third-order valence-electron chi connectivity index (χ3n) is 1.09. The Balaban J connectivity index is 3.12. The Morgan fingerprint density at radius 3 is 1.83 bits per heavy atom. The lowest BCUT2D eigenvalue weighted by Crippen LogP contribution is -1.96. The summed E-state index contributed by atoms with van der Waals surface area (Å²) in [6, 6.07) is 3.39. The Bertz CT molecular complexity index is 308. The minimum atomic E-state index is -0.785. The molecule has 12 heavy (non-hydrogen) atoms. The van der Waals surface area contributed by atoms with Crippen molar-refractivity contribution >= 4 is 11.6 Å². The summed E-state index contributed by atoms with van der Waals surface area (Å²) in [6.45, 7) is 0. The van der Waals surface area contributed by atoms with E-state index in [-0.39, 0.29) is 0 Å². The average Bonchev–Trinajstić information content (AvgIpc) is 2.04. The van der Waals surface area contributed by atoms with E-state index in [4.69, 9.17) is 0 Å². The zero-order valence-electron chi connectivity index (χ0n) is 5.71. The standard InChI is InChI=1S/C5H3N3O4/c9-7(10)4-2-1-3-5(6-4)8(11)12/h1-3H. The van der Waals surface area contributed by atoms with Gasteiger partial charge in [-0.2, -0.15) is 0 Å². The van der Waals surface area contributed by atoms with Crippen molar-refractivity contribution in [3.8, 4) is 0 Å². The summed E-state index contributed by atoms with van der Waals surface area (Å²) in [5, 5.41) is 20.2. The SMILES string of the molecule is O=[N+]([O-])c1cccc([N+](=O)[O-])n1. The second kappa shape index (κ2) is 2.91. The molecule has 0 aromatic carbocycles. The number of hydrogen-bond donors (Lipinski definition) is 0. The number of pyridine rings is 1. The number of rotatable bonds is 2. The van der Waals surface area contributed by atoms with Crippen LogP contribution in [-0.4, -0.2) is 14.8 Å². The van der Waals surface area contributed by atoms with Gasteiger partial charge in [0.05, 0.1) is 0 Å². The predicted molar refractivity (Wildman–Crippen MR) is 37.5 cm³/mol. The monoisotopic (exact) mass is 169 g/mol. The molecule has 0 N–H and O–H groups in total. The van der Waals surface area contributed by atoms with Gasteiger partial charge in [-0.1, -0.05) is 0 Å². The lowest BCUT2D eigenvalue weighted by atomic mass is 10.4. The minimum absolute atomic E-state index is 0.524. The van der Waals surface area contributed by atoms with Crippen LogP contribution in [0.5, 0.6) is 0 Å². The van der Waals surface area contributed by atoms with Gasteiger partial charge in [-0.3, -0.25) is 0 Å². The summed E-state index contributed by atoms with van der Waals surface area (Å²) in [5.74, 6) is -1.05. The predicted octanol–water partition coefficient (Wildman–Crippen LogP) is 0.898. The van der Waals surface area contributed by atoms with Crippen LogP contribution < -0.4 is 0 Å². The topological polar surface area (TPSA) is 99.2 Å². The Hall–Kier alpha value is -2.05. The second-order valence-electron chi connectivity index (χ2n) is 1.87. The van der Waals surface area contributed by atoms with Gasteiger partial charge < -0.3 is 20.2 Å². The van der Waals surface area contributed by atoms with Crippen molar-refractivity contribution in [2.75, 3.05) is 0 Å². The largest absolute Gasteiger partial charge is 0.368 e. The van der Waals surface area contributed by atoms with Gasteiger partial charge in [0, 0.05) is 17.1 Å². The van der Waals surface area contributed by atoms with Crippen LogP contribution in [0.25, 0.3) is 0 Å². The molecule has 0 saturated heterocycles.